The maximum absolute atomic E-state index is 13.1. The summed E-state index contributed by atoms with van der Waals surface area (Å²) in [5.74, 6) is -0.406. The highest BCUT2D eigenvalue weighted by Crippen LogP contribution is 2.38. The molecule has 168 valence electrons. The molecule has 3 atom stereocenters. The third-order valence-electron chi connectivity index (χ3n) is 7.32. The summed E-state index contributed by atoms with van der Waals surface area (Å²) in [6, 6.07) is 10.2. The molecule has 3 unspecified atom stereocenters. The van der Waals surface area contributed by atoms with E-state index in [0.717, 1.165) is 50.1 Å². The van der Waals surface area contributed by atoms with Crippen LogP contribution in [0.25, 0.3) is 0 Å². The van der Waals surface area contributed by atoms with E-state index in [1.54, 1.807) is 0 Å². The van der Waals surface area contributed by atoms with Gasteiger partial charge < -0.3 is 10.6 Å². The predicted molar refractivity (Wildman–Crippen MR) is 118 cm³/mol. The predicted octanol–water partition coefficient (Wildman–Crippen LogP) is 2.66. The largest absolute Gasteiger partial charge is 0.353 e. The van der Waals surface area contributed by atoms with Gasteiger partial charge in [-0.15, -0.1) is 0 Å². The van der Waals surface area contributed by atoms with Gasteiger partial charge in [0.15, 0.2) is 0 Å². The number of urea groups is 1. The third-order valence-corrected chi connectivity index (χ3v) is 7.32. The highest BCUT2D eigenvalue weighted by Gasteiger charge is 2.55. The van der Waals surface area contributed by atoms with Crippen molar-refractivity contribution in [3.05, 3.63) is 35.9 Å². The number of nitrogens with one attached hydrogen (secondary N) is 2. The quantitative estimate of drug-likeness (QED) is 0.686. The number of nitrogens with zero attached hydrogens (tertiary/aromatic N) is 2. The molecule has 0 bridgehead atoms. The average molecular weight is 427 g/mol. The van der Waals surface area contributed by atoms with Crippen LogP contribution in [0.4, 0.5) is 4.79 Å². The number of hydrogen-bond donors (Lipinski definition) is 2. The summed E-state index contributed by atoms with van der Waals surface area (Å²) in [4.78, 5) is 41.7. The zero-order valence-corrected chi connectivity index (χ0v) is 18.4. The van der Waals surface area contributed by atoms with E-state index < -0.39 is 11.6 Å². The van der Waals surface area contributed by atoms with Gasteiger partial charge in [0.1, 0.15) is 12.1 Å². The molecule has 1 aliphatic carbocycles. The number of benzene rings is 1. The number of likely N-dealkylation sites (tertiary alicyclic amines) is 1. The molecule has 1 aromatic rings. The van der Waals surface area contributed by atoms with Crippen LogP contribution in [0.2, 0.25) is 0 Å². The Morgan fingerprint density at radius 1 is 1.13 bits per heavy atom. The Balaban J connectivity index is 1.32. The molecule has 2 aliphatic heterocycles. The Bertz CT molecular complexity index is 814. The standard InChI is InChI=1S/C24H34N4O3/c1-18-9-5-7-13-24(18)22(30)28(23(31)26-24)17-21(29)25-15-20-12-6-8-14-27(20)16-19-10-3-2-4-11-19/h2-4,10-11,18,20H,5-9,12-17H2,1H3,(H,25,29)(H,26,31). The summed E-state index contributed by atoms with van der Waals surface area (Å²) in [7, 11) is 0. The summed E-state index contributed by atoms with van der Waals surface area (Å²) >= 11 is 0. The zero-order chi connectivity index (χ0) is 21.8. The van der Waals surface area contributed by atoms with Crippen molar-refractivity contribution in [3.8, 4) is 0 Å². The van der Waals surface area contributed by atoms with Gasteiger partial charge in [0.25, 0.3) is 5.91 Å². The van der Waals surface area contributed by atoms with E-state index in [2.05, 4.69) is 27.7 Å². The second-order valence-corrected chi connectivity index (χ2v) is 9.35. The molecule has 4 amide bonds. The van der Waals surface area contributed by atoms with E-state index in [9.17, 15) is 14.4 Å². The fourth-order valence-corrected chi connectivity index (χ4v) is 5.39. The highest BCUT2D eigenvalue weighted by molar-refractivity contribution is 6.09. The summed E-state index contributed by atoms with van der Waals surface area (Å²) in [5.41, 5.74) is 0.456. The van der Waals surface area contributed by atoms with Crippen LogP contribution in [0.5, 0.6) is 0 Å². The average Bonchev–Trinajstić information content (AvgIpc) is 3.01. The fraction of sp³-hybridized carbons (Fsp3) is 0.625. The zero-order valence-electron chi connectivity index (χ0n) is 18.4. The van der Waals surface area contributed by atoms with Crippen molar-refractivity contribution in [2.75, 3.05) is 19.6 Å². The number of hydrogen-bond acceptors (Lipinski definition) is 4. The van der Waals surface area contributed by atoms with Crippen molar-refractivity contribution in [3.63, 3.8) is 0 Å². The molecule has 3 fully saturated rings. The van der Waals surface area contributed by atoms with Crippen LogP contribution in [-0.2, 0) is 16.1 Å². The van der Waals surface area contributed by atoms with E-state index in [1.165, 1.54) is 12.0 Å². The molecule has 3 aliphatic rings. The van der Waals surface area contributed by atoms with Crippen molar-refractivity contribution in [2.24, 2.45) is 5.92 Å². The van der Waals surface area contributed by atoms with Gasteiger partial charge in [-0.1, -0.05) is 56.5 Å². The lowest BCUT2D eigenvalue weighted by molar-refractivity contribution is -0.137. The van der Waals surface area contributed by atoms with Gasteiger partial charge in [-0.3, -0.25) is 19.4 Å². The summed E-state index contributed by atoms with van der Waals surface area (Å²) in [6.07, 6.45) is 6.94. The number of rotatable bonds is 6. The number of carbonyl (C=O) groups excluding carboxylic acids is 3. The molecule has 1 saturated carbocycles. The lowest BCUT2D eigenvalue weighted by atomic mass is 9.73. The van der Waals surface area contributed by atoms with Crippen molar-refractivity contribution in [1.82, 2.24) is 20.4 Å². The van der Waals surface area contributed by atoms with E-state index in [1.807, 2.05) is 25.1 Å². The molecule has 2 heterocycles. The maximum Gasteiger partial charge on any atom is 0.325 e. The molecule has 0 radical (unpaired) electrons. The fourth-order valence-electron chi connectivity index (χ4n) is 5.39. The first-order valence-electron chi connectivity index (χ1n) is 11.7. The summed E-state index contributed by atoms with van der Waals surface area (Å²) in [6.45, 7) is 4.24. The van der Waals surface area contributed by atoms with E-state index in [4.69, 9.17) is 0 Å². The number of piperidine rings is 1. The second-order valence-electron chi connectivity index (χ2n) is 9.35. The van der Waals surface area contributed by atoms with Gasteiger partial charge in [-0.25, -0.2) is 4.79 Å². The lowest BCUT2D eigenvalue weighted by Crippen LogP contribution is -2.54. The molecule has 0 aromatic heterocycles. The minimum absolute atomic E-state index is 0.0968. The molecule has 1 aromatic carbocycles. The number of amides is 4. The molecule has 7 heteroatoms. The van der Waals surface area contributed by atoms with Crippen LogP contribution in [0.15, 0.2) is 30.3 Å². The van der Waals surface area contributed by atoms with Crippen LogP contribution >= 0.6 is 0 Å². The van der Waals surface area contributed by atoms with Gasteiger partial charge >= 0.3 is 6.03 Å². The normalized spacial score (nSPS) is 29.3. The highest BCUT2D eigenvalue weighted by atomic mass is 16.2. The Labute approximate surface area is 184 Å². The van der Waals surface area contributed by atoms with Crippen LogP contribution in [0, 0.1) is 5.92 Å². The summed E-state index contributed by atoms with van der Waals surface area (Å²) in [5, 5.41) is 5.90. The van der Waals surface area contributed by atoms with Crippen molar-refractivity contribution >= 4 is 17.8 Å². The lowest BCUT2D eigenvalue weighted by Gasteiger charge is -2.37. The summed E-state index contributed by atoms with van der Waals surface area (Å²) < 4.78 is 0. The SMILES string of the molecule is CC1CCCCC12NC(=O)N(CC(=O)NCC1CCCCN1Cc1ccccc1)C2=O. The van der Waals surface area contributed by atoms with Crippen LogP contribution in [0.1, 0.15) is 57.4 Å². The minimum atomic E-state index is -0.814. The van der Waals surface area contributed by atoms with Gasteiger partial charge in [0.05, 0.1) is 0 Å². The van der Waals surface area contributed by atoms with E-state index >= 15 is 0 Å². The first-order chi connectivity index (χ1) is 15.0. The minimum Gasteiger partial charge on any atom is -0.353 e. The Morgan fingerprint density at radius 2 is 1.90 bits per heavy atom. The van der Waals surface area contributed by atoms with Crippen molar-refractivity contribution in [2.45, 2.75) is 70.0 Å². The number of imide groups is 1. The molecular weight excluding hydrogens is 392 g/mol. The molecule has 4 rings (SSSR count). The Hall–Kier alpha value is -2.41. The van der Waals surface area contributed by atoms with Crippen LogP contribution in [0.3, 0.4) is 0 Å². The molecule has 2 saturated heterocycles. The molecule has 31 heavy (non-hydrogen) atoms. The van der Waals surface area contributed by atoms with Gasteiger partial charge in [0, 0.05) is 19.1 Å². The Kier molecular flexibility index (Phi) is 6.60. The van der Waals surface area contributed by atoms with E-state index in [0.29, 0.717) is 13.0 Å². The van der Waals surface area contributed by atoms with Crippen molar-refractivity contribution < 1.29 is 14.4 Å². The van der Waals surface area contributed by atoms with Crippen LogP contribution < -0.4 is 10.6 Å². The third kappa shape index (κ3) is 4.61. The monoisotopic (exact) mass is 426 g/mol. The molecular formula is C24H34N4O3. The Morgan fingerprint density at radius 3 is 2.68 bits per heavy atom. The first kappa shape index (κ1) is 21.8. The van der Waals surface area contributed by atoms with Gasteiger partial charge in [-0.05, 0) is 43.7 Å². The molecule has 1 spiro atoms. The second kappa shape index (κ2) is 9.39. The van der Waals surface area contributed by atoms with Gasteiger partial charge in [0.2, 0.25) is 5.91 Å². The topological polar surface area (TPSA) is 81.8 Å². The first-order valence-corrected chi connectivity index (χ1v) is 11.7. The molecule has 2 N–H and O–H groups in total. The van der Waals surface area contributed by atoms with Crippen LogP contribution in [-0.4, -0.2) is 58.9 Å². The van der Waals surface area contributed by atoms with Gasteiger partial charge in [-0.2, -0.15) is 0 Å². The maximum atomic E-state index is 13.1. The van der Waals surface area contributed by atoms with E-state index in [-0.39, 0.29) is 30.3 Å². The molecule has 7 nitrogen and oxygen atoms in total. The van der Waals surface area contributed by atoms with Crippen molar-refractivity contribution in [1.29, 1.82) is 0 Å². The number of carbonyl (C=O) groups is 3. The smallest absolute Gasteiger partial charge is 0.325 e.